The minimum Gasteiger partial charge on any atom is -0.341 e. The topological polar surface area (TPSA) is 57.7 Å². The van der Waals surface area contributed by atoms with E-state index in [4.69, 9.17) is 0 Å². The second kappa shape index (κ2) is 6.57. The Morgan fingerprint density at radius 2 is 1.65 bits per heavy atom. The van der Waals surface area contributed by atoms with Gasteiger partial charge < -0.3 is 4.90 Å². The lowest BCUT2D eigenvalue weighted by Gasteiger charge is -2.32. The standard InChI is InChI=1S/C16H21FN2O3S/c17-13-6-8-14(9-7-13)23(21,22)19-12-4-5-15(19)16(20)18-10-2-1-3-11-18/h6-9,15H,1-5,10-12H2. The molecule has 1 atom stereocenters. The van der Waals surface area contributed by atoms with Crippen LogP contribution in [0.25, 0.3) is 0 Å². The van der Waals surface area contributed by atoms with Gasteiger partial charge in [-0.3, -0.25) is 4.79 Å². The summed E-state index contributed by atoms with van der Waals surface area (Å²) >= 11 is 0. The van der Waals surface area contributed by atoms with Crippen molar-refractivity contribution in [2.24, 2.45) is 0 Å². The summed E-state index contributed by atoms with van der Waals surface area (Å²) in [5.41, 5.74) is 0. The van der Waals surface area contributed by atoms with Gasteiger partial charge in [0.05, 0.1) is 4.90 Å². The van der Waals surface area contributed by atoms with E-state index in [2.05, 4.69) is 0 Å². The summed E-state index contributed by atoms with van der Waals surface area (Å²) in [5.74, 6) is -0.570. The van der Waals surface area contributed by atoms with Gasteiger partial charge in [0.2, 0.25) is 15.9 Å². The Kier molecular flexibility index (Phi) is 4.68. The van der Waals surface area contributed by atoms with Crippen LogP contribution < -0.4 is 0 Å². The molecule has 2 aliphatic rings. The third kappa shape index (κ3) is 3.26. The number of carbonyl (C=O) groups is 1. The molecule has 0 aromatic heterocycles. The molecule has 0 radical (unpaired) electrons. The lowest BCUT2D eigenvalue weighted by molar-refractivity contribution is -0.135. The van der Waals surface area contributed by atoms with Gasteiger partial charge in [-0.15, -0.1) is 0 Å². The molecule has 0 aliphatic carbocycles. The zero-order valence-electron chi connectivity index (χ0n) is 12.9. The number of nitrogens with zero attached hydrogens (tertiary/aromatic N) is 2. The van der Waals surface area contributed by atoms with E-state index in [0.29, 0.717) is 32.5 Å². The number of hydrogen-bond donors (Lipinski definition) is 0. The summed E-state index contributed by atoms with van der Waals surface area (Å²) in [4.78, 5) is 14.5. The van der Waals surface area contributed by atoms with Gasteiger partial charge in [-0.1, -0.05) is 0 Å². The molecule has 2 saturated heterocycles. The molecule has 2 aliphatic heterocycles. The number of halogens is 1. The summed E-state index contributed by atoms with van der Waals surface area (Å²) in [5, 5.41) is 0. The van der Waals surface area contributed by atoms with Crippen molar-refractivity contribution in [1.29, 1.82) is 0 Å². The van der Waals surface area contributed by atoms with Crippen molar-refractivity contribution in [2.45, 2.75) is 43.0 Å². The van der Waals surface area contributed by atoms with Crippen molar-refractivity contribution in [3.63, 3.8) is 0 Å². The van der Waals surface area contributed by atoms with E-state index < -0.39 is 21.9 Å². The average Bonchev–Trinajstić information content (AvgIpc) is 3.06. The SMILES string of the molecule is O=C(C1CCCN1S(=O)(=O)c1ccc(F)cc1)N1CCCCC1. The zero-order valence-corrected chi connectivity index (χ0v) is 13.8. The molecule has 1 unspecified atom stereocenters. The van der Waals surface area contributed by atoms with Crippen molar-refractivity contribution in [3.8, 4) is 0 Å². The van der Waals surface area contributed by atoms with Crippen LogP contribution in [0.1, 0.15) is 32.1 Å². The van der Waals surface area contributed by atoms with Gasteiger partial charge in [-0.05, 0) is 56.4 Å². The van der Waals surface area contributed by atoms with Crippen LogP contribution in [0.2, 0.25) is 0 Å². The molecule has 0 bridgehead atoms. The number of piperidine rings is 1. The van der Waals surface area contributed by atoms with Crippen LogP contribution in [-0.2, 0) is 14.8 Å². The number of sulfonamides is 1. The van der Waals surface area contributed by atoms with E-state index in [1.807, 2.05) is 0 Å². The Labute approximate surface area is 136 Å². The van der Waals surface area contributed by atoms with Crippen molar-refractivity contribution in [3.05, 3.63) is 30.1 Å². The third-order valence-electron chi connectivity index (χ3n) is 4.58. The number of rotatable bonds is 3. The molecule has 0 N–H and O–H groups in total. The van der Waals surface area contributed by atoms with Crippen LogP contribution in [0.5, 0.6) is 0 Å². The van der Waals surface area contributed by atoms with Crippen LogP contribution in [-0.4, -0.2) is 49.2 Å². The first-order valence-corrected chi connectivity index (χ1v) is 9.50. The molecule has 23 heavy (non-hydrogen) atoms. The maximum atomic E-state index is 13.0. The summed E-state index contributed by atoms with van der Waals surface area (Å²) in [6.45, 7) is 1.75. The Hall–Kier alpha value is -1.47. The van der Waals surface area contributed by atoms with E-state index >= 15 is 0 Å². The molecular weight excluding hydrogens is 319 g/mol. The van der Waals surface area contributed by atoms with E-state index in [1.165, 1.54) is 16.4 Å². The van der Waals surface area contributed by atoms with Crippen molar-refractivity contribution >= 4 is 15.9 Å². The molecule has 7 heteroatoms. The smallest absolute Gasteiger partial charge is 0.243 e. The molecule has 0 spiro atoms. The summed E-state index contributed by atoms with van der Waals surface area (Å²) in [6, 6.07) is 4.15. The first-order chi connectivity index (χ1) is 11.0. The third-order valence-corrected chi connectivity index (χ3v) is 6.50. The maximum absolute atomic E-state index is 13.0. The molecule has 126 valence electrons. The predicted molar refractivity (Wildman–Crippen MR) is 83.7 cm³/mol. The summed E-state index contributed by atoms with van der Waals surface area (Å²) in [7, 11) is -3.77. The van der Waals surface area contributed by atoms with Gasteiger partial charge >= 0.3 is 0 Å². The van der Waals surface area contributed by atoms with Crippen molar-refractivity contribution in [2.75, 3.05) is 19.6 Å². The fraction of sp³-hybridized carbons (Fsp3) is 0.562. The monoisotopic (exact) mass is 340 g/mol. The molecule has 3 rings (SSSR count). The molecule has 0 saturated carbocycles. The van der Waals surface area contributed by atoms with Crippen LogP contribution in [0.15, 0.2) is 29.2 Å². The molecule has 2 heterocycles. The van der Waals surface area contributed by atoms with Gasteiger partial charge in [-0.2, -0.15) is 4.31 Å². The molecule has 1 aromatic rings. The lowest BCUT2D eigenvalue weighted by Crippen LogP contribution is -2.49. The normalized spacial score (nSPS) is 23.2. The second-order valence-electron chi connectivity index (χ2n) is 6.11. The molecule has 1 aromatic carbocycles. The van der Waals surface area contributed by atoms with Crippen LogP contribution in [0, 0.1) is 5.82 Å². The second-order valence-corrected chi connectivity index (χ2v) is 8.00. The zero-order chi connectivity index (χ0) is 16.4. The van der Waals surface area contributed by atoms with Gasteiger partial charge in [0.25, 0.3) is 0 Å². The molecule has 1 amide bonds. The van der Waals surface area contributed by atoms with Crippen molar-refractivity contribution in [1.82, 2.24) is 9.21 Å². The minimum atomic E-state index is -3.77. The minimum absolute atomic E-state index is 0.0391. The first-order valence-electron chi connectivity index (χ1n) is 8.06. The summed E-state index contributed by atoms with van der Waals surface area (Å²) < 4.78 is 39.9. The van der Waals surface area contributed by atoms with Crippen LogP contribution in [0.4, 0.5) is 4.39 Å². The Morgan fingerprint density at radius 3 is 2.30 bits per heavy atom. The average molecular weight is 340 g/mol. The van der Waals surface area contributed by atoms with E-state index in [0.717, 1.165) is 31.4 Å². The molecule has 2 fully saturated rings. The number of amides is 1. The first kappa shape index (κ1) is 16.4. The fourth-order valence-electron chi connectivity index (χ4n) is 3.34. The Morgan fingerprint density at radius 1 is 1.00 bits per heavy atom. The highest BCUT2D eigenvalue weighted by atomic mass is 32.2. The van der Waals surface area contributed by atoms with Gasteiger partial charge in [0.15, 0.2) is 0 Å². The number of carbonyl (C=O) groups excluding carboxylic acids is 1. The van der Waals surface area contributed by atoms with Crippen LogP contribution >= 0.6 is 0 Å². The molecule has 5 nitrogen and oxygen atoms in total. The predicted octanol–water partition coefficient (Wildman–Crippen LogP) is 1.99. The fourth-order valence-corrected chi connectivity index (χ4v) is 4.99. The summed E-state index contributed by atoms with van der Waals surface area (Å²) in [6.07, 6.45) is 4.29. The highest BCUT2D eigenvalue weighted by Crippen LogP contribution is 2.28. The Balaban J connectivity index is 1.82. The van der Waals surface area contributed by atoms with Gasteiger partial charge in [0.1, 0.15) is 11.9 Å². The van der Waals surface area contributed by atoms with Gasteiger partial charge in [0, 0.05) is 19.6 Å². The highest BCUT2D eigenvalue weighted by molar-refractivity contribution is 7.89. The number of hydrogen-bond acceptors (Lipinski definition) is 3. The molecular formula is C16H21FN2O3S. The highest BCUT2D eigenvalue weighted by Gasteiger charge is 2.41. The Bertz CT molecular complexity index is 669. The van der Waals surface area contributed by atoms with E-state index in [1.54, 1.807) is 4.90 Å². The van der Waals surface area contributed by atoms with Crippen LogP contribution in [0.3, 0.4) is 0 Å². The number of benzene rings is 1. The van der Waals surface area contributed by atoms with E-state index in [-0.39, 0.29) is 10.8 Å². The van der Waals surface area contributed by atoms with Gasteiger partial charge in [-0.25, -0.2) is 12.8 Å². The quantitative estimate of drug-likeness (QED) is 0.845. The lowest BCUT2D eigenvalue weighted by atomic mass is 10.1. The number of likely N-dealkylation sites (tertiary alicyclic amines) is 1. The van der Waals surface area contributed by atoms with Crippen molar-refractivity contribution < 1.29 is 17.6 Å². The maximum Gasteiger partial charge on any atom is 0.243 e. The largest absolute Gasteiger partial charge is 0.341 e. The van der Waals surface area contributed by atoms with E-state index in [9.17, 15) is 17.6 Å².